The third-order valence-corrected chi connectivity index (χ3v) is 0.942. The summed E-state index contributed by atoms with van der Waals surface area (Å²) < 4.78 is 12.3. The Kier molecular flexibility index (Phi) is 1.72. The number of nitrogens with zero attached hydrogens (tertiary/aromatic N) is 2. The summed E-state index contributed by atoms with van der Waals surface area (Å²) >= 11 is 0. The van der Waals surface area contributed by atoms with Crippen LogP contribution in [0, 0.1) is 0 Å². The lowest BCUT2D eigenvalue weighted by atomic mass is 10.4. The fourth-order valence-corrected chi connectivity index (χ4v) is 0.516. The third kappa shape index (κ3) is 1.45. The van der Waals surface area contributed by atoms with Gasteiger partial charge in [-0.2, -0.15) is 0 Å². The molecule has 48 valence electrons. The second kappa shape index (κ2) is 2.53. The quantitative estimate of drug-likeness (QED) is 0.570. The van der Waals surface area contributed by atoms with Gasteiger partial charge in [-0.25, -0.2) is 14.4 Å². The molecule has 0 aliphatic heterocycles. The molecular formula is C6H7FN2. The highest BCUT2D eigenvalue weighted by atomic mass is 19.1. The van der Waals surface area contributed by atoms with Gasteiger partial charge in [0, 0.05) is 12.4 Å². The summed E-state index contributed by atoms with van der Waals surface area (Å²) in [6.45, 7) is 1.41. The maximum Gasteiger partial charge on any atom is 0.162 e. The van der Waals surface area contributed by atoms with Crippen molar-refractivity contribution in [1.82, 2.24) is 9.97 Å². The lowest BCUT2D eigenvalue weighted by Gasteiger charge is -1.95. The van der Waals surface area contributed by atoms with Crippen LogP contribution in [-0.2, 0) is 0 Å². The molecule has 1 aromatic heterocycles. The first-order valence-electron chi connectivity index (χ1n) is 2.71. The molecule has 0 saturated heterocycles. The van der Waals surface area contributed by atoms with E-state index in [0.717, 1.165) is 0 Å². The lowest BCUT2D eigenvalue weighted by molar-refractivity contribution is 0.356. The zero-order valence-corrected chi connectivity index (χ0v) is 5.08. The highest BCUT2D eigenvalue weighted by Crippen LogP contribution is 2.07. The summed E-state index contributed by atoms with van der Waals surface area (Å²) in [4.78, 5) is 7.38. The number of halogens is 1. The van der Waals surface area contributed by atoms with E-state index in [1.54, 1.807) is 6.07 Å². The van der Waals surface area contributed by atoms with Gasteiger partial charge in [0.1, 0.15) is 0 Å². The molecule has 1 atom stereocenters. The van der Waals surface area contributed by atoms with Gasteiger partial charge in [-0.15, -0.1) is 0 Å². The molecule has 0 spiro atoms. The molecule has 0 amide bonds. The summed E-state index contributed by atoms with van der Waals surface area (Å²) in [7, 11) is 0. The van der Waals surface area contributed by atoms with Gasteiger partial charge in [0.15, 0.2) is 12.0 Å². The molecule has 0 fully saturated rings. The van der Waals surface area contributed by atoms with Gasteiger partial charge in [0.05, 0.1) is 0 Å². The molecule has 0 aromatic carbocycles. The molecule has 1 rings (SSSR count). The van der Waals surface area contributed by atoms with Crippen LogP contribution in [0.4, 0.5) is 4.39 Å². The van der Waals surface area contributed by atoms with Crippen LogP contribution >= 0.6 is 0 Å². The minimum atomic E-state index is -1.06. The van der Waals surface area contributed by atoms with Crippen molar-refractivity contribution in [2.75, 3.05) is 0 Å². The van der Waals surface area contributed by atoms with E-state index in [0.29, 0.717) is 0 Å². The average molecular weight is 126 g/mol. The smallest absolute Gasteiger partial charge is 0.162 e. The molecule has 0 bridgehead atoms. The lowest BCUT2D eigenvalue weighted by Crippen LogP contribution is -1.92. The van der Waals surface area contributed by atoms with E-state index >= 15 is 0 Å². The molecule has 0 aliphatic carbocycles. The fourth-order valence-electron chi connectivity index (χ4n) is 0.516. The number of alkyl halides is 1. The van der Waals surface area contributed by atoms with Crippen LogP contribution < -0.4 is 0 Å². The number of rotatable bonds is 1. The average Bonchev–Trinajstić information content (AvgIpc) is 1.90. The van der Waals surface area contributed by atoms with Gasteiger partial charge >= 0.3 is 0 Å². The molecule has 1 unspecified atom stereocenters. The first kappa shape index (κ1) is 6.13. The second-order valence-electron chi connectivity index (χ2n) is 1.72. The molecule has 0 radical (unpaired) electrons. The summed E-state index contributed by atoms with van der Waals surface area (Å²) in [5.74, 6) is 0.248. The first-order chi connectivity index (χ1) is 4.30. The van der Waals surface area contributed by atoms with E-state index in [9.17, 15) is 4.39 Å². The van der Waals surface area contributed by atoms with Crippen LogP contribution in [-0.4, -0.2) is 9.97 Å². The van der Waals surface area contributed by atoms with Crippen molar-refractivity contribution in [3.05, 3.63) is 24.3 Å². The maximum atomic E-state index is 12.3. The summed E-state index contributed by atoms with van der Waals surface area (Å²) in [5, 5.41) is 0. The van der Waals surface area contributed by atoms with Gasteiger partial charge in [-0.05, 0) is 13.0 Å². The van der Waals surface area contributed by atoms with E-state index in [1.165, 1.54) is 19.3 Å². The number of hydrogen-bond acceptors (Lipinski definition) is 2. The Morgan fingerprint density at radius 2 is 2.00 bits per heavy atom. The SMILES string of the molecule is CC(F)c1ncccn1. The van der Waals surface area contributed by atoms with Gasteiger partial charge < -0.3 is 0 Å². The molecule has 1 heterocycles. The van der Waals surface area contributed by atoms with Crippen molar-refractivity contribution in [3.8, 4) is 0 Å². The van der Waals surface area contributed by atoms with E-state index < -0.39 is 6.17 Å². The van der Waals surface area contributed by atoms with E-state index in [-0.39, 0.29) is 5.82 Å². The monoisotopic (exact) mass is 126 g/mol. The molecular weight excluding hydrogens is 119 g/mol. The summed E-state index contributed by atoms with van der Waals surface area (Å²) in [6, 6.07) is 1.66. The second-order valence-corrected chi connectivity index (χ2v) is 1.72. The van der Waals surface area contributed by atoms with Crippen molar-refractivity contribution < 1.29 is 4.39 Å². The minimum absolute atomic E-state index is 0.248. The number of hydrogen-bond donors (Lipinski definition) is 0. The molecule has 9 heavy (non-hydrogen) atoms. The maximum absolute atomic E-state index is 12.3. The predicted molar refractivity (Wildman–Crippen MR) is 31.6 cm³/mol. The first-order valence-corrected chi connectivity index (χ1v) is 2.71. The Hall–Kier alpha value is -0.990. The van der Waals surface area contributed by atoms with Crippen LogP contribution in [0.3, 0.4) is 0 Å². The van der Waals surface area contributed by atoms with Crippen molar-refractivity contribution in [1.29, 1.82) is 0 Å². The predicted octanol–water partition coefficient (Wildman–Crippen LogP) is 1.51. The molecule has 0 saturated carbocycles. The Morgan fingerprint density at radius 3 is 2.33 bits per heavy atom. The van der Waals surface area contributed by atoms with Gasteiger partial charge in [0.2, 0.25) is 0 Å². The zero-order valence-electron chi connectivity index (χ0n) is 5.08. The normalized spacial score (nSPS) is 13.1. The Morgan fingerprint density at radius 1 is 1.44 bits per heavy atom. The Labute approximate surface area is 52.8 Å². The largest absolute Gasteiger partial charge is 0.239 e. The van der Waals surface area contributed by atoms with E-state index in [1.807, 2.05) is 0 Å². The third-order valence-electron chi connectivity index (χ3n) is 0.942. The van der Waals surface area contributed by atoms with Crippen molar-refractivity contribution in [3.63, 3.8) is 0 Å². The van der Waals surface area contributed by atoms with Crippen LogP contribution in [0.25, 0.3) is 0 Å². The van der Waals surface area contributed by atoms with Gasteiger partial charge in [0.25, 0.3) is 0 Å². The van der Waals surface area contributed by atoms with Gasteiger partial charge in [-0.1, -0.05) is 0 Å². The van der Waals surface area contributed by atoms with E-state index in [2.05, 4.69) is 9.97 Å². The van der Waals surface area contributed by atoms with Crippen molar-refractivity contribution >= 4 is 0 Å². The Balaban J connectivity index is 2.85. The highest BCUT2D eigenvalue weighted by Gasteiger charge is 2.02. The molecule has 0 N–H and O–H groups in total. The fraction of sp³-hybridized carbons (Fsp3) is 0.333. The number of aromatic nitrogens is 2. The molecule has 1 aromatic rings. The zero-order chi connectivity index (χ0) is 6.69. The molecule has 3 heteroatoms. The van der Waals surface area contributed by atoms with Crippen LogP contribution in [0.1, 0.15) is 18.9 Å². The Bertz CT molecular complexity index is 174. The van der Waals surface area contributed by atoms with Crippen LogP contribution in [0.15, 0.2) is 18.5 Å². The standard InChI is InChI=1S/C6H7FN2/c1-5(7)6-8-3-2-4-9-6/h2-5H,1H3. The van der Waals surface area contributed by atoms with E-state index in [4.69, 9.17) is 0 Å². The van der Waals surface area contributed by atoms with Crippen molar-refractivity contribution in [2.45, 2.75) is 13.1 Å². The van der Waals surface area contributed by atoms with Crippen LogP contribution in [0.5, 0.6) is 0 Å². The molecule has 2 nitrogen and oxygen atoms in total. The van der Waals surface area contributed by atoms with Gasteiger partial charge in [-0.3, -0.25) is 0 Å². The van der Waals surface area contributed by atoms with Crippen LogP contribution in [0.2, 0.25) is 0 Å². The highest BCUT2D eigenvalue weighted by molar-refractivity contribution is 4.90. The summed E-state index contributed by atoms with van der Waals surface area (Å²) in [5.41, 5.74) is 0. The minimum Gasteiger partial charge on any atom is -0.239 e. The van der Waals surface area contributed by atoms with Crippen molar-refractivity contribution in [2.24, 2.45) is 0 Å². The topological polar surface area (TPSA) is 25.8 Å². The summed E-state index contributed by atoms with van der Waals surface area (Å²) in [6.07, 6.45) is 1.99. The molecule has 0 aliphatic rings.